The van der Waals surface area contributed by atoms with Gasteiger partial charge < -0.3 is 14.9 Å². The second-order valence-electron chi connectivity index (χ2n) is 5.98. The highest BCUT2D eigenvalue weighted by Gasteiger charge is 2.29. The van der Waals surface area contributed by atoms with E-state index in [2.05, 4.69) is 0 Å². The first-order chi connectivity index (χ1) is 8.22. The van der Waals surface area contributed by atoms with Gasteiger partial charge in [-0.15, -0.1) is 0 Å². The molecular weight excluding hydrogens is 232 g/mol. The number of carbonyl (C=O) groups is 1. The molecule has 18 heavy (non-hydrogen) atoms. The van der Waals surface area contributed by atoms with Crippen LogP contribution in [0, 0.1) is 11.3 Å². The van der Waals surface area contributed by atoms with Gasteiger partial charge in [-0.3, -0.25) is 4.79 Å². The van der Waals surface area contributed by atoms with Crippen molar-refractivity contribution < 1.29 is 19.7 Å². The summed E-state index contributed by atoms with van der Waals surface area (Å²) in [6.45, 7) is 9.42. The maximum absolute atomic E-state index is 11.9. The van der Waals surface area contributed by atoms with Gasteiger partial charge in [0.1, 0.15) is 6.10 Å². The van der Waals surface area contributed by atoms with Crippen LogP contribution in [-0.4, -0.2) is 35.0 Å². The Balaban J connectivity index is 4.55. The molecular formula is C14H28O4. The van der Waals surface area contributed by atoms with Gasteiger partial charge in [-0.25, -0.2) is 0 Å². The van der Waals surface area contributed by atoms with E-state index in [9.17, 15) is 9.90 Å². The van der Waals surface area contributed by atoms with Crippen LogP contribution in [0.3, 0.4) is 0 Å². The second-order valence-corrected chi connectivity index (χ2v) is 5.98. The van der Waals surface area contributed by atoms with Crippen molar-refractivity contribution in [3.05, 3.63) is 0 Å². The Bertz CT molecular complexity index is 245. The van der Waals surface area contributed by atoms with E-state index < -0.39 is 11.5 Å². The third-order valence-corrected chi connectivity index (χ3v) is 3.12. The molecule has 2 N–H and O–H groups in total. The number of carbonyl (C=O) groups excluding carboxylic acids is 1. The minimum Gasteiger partial charge on any atom is -0.462 e. The first kappa shape index (κ1) is 17.4. The Hall–Kier alpha value is -0.610. The van der Waals surface area contributed by atoms with Crippen molar-refractivity contribution in [3.63, 3.8) is 0 Å². The van der Waals surface area contributed by atoms with E-state index in [-0.39, 0.29) is 24.6 Å². The Morgan fingerprint density at radius 3 is 2.28 bits per heavy atom. The molecule has 0 aliphatic carbocycles. The molecule has 0 fully saturated rings. The van der Waals surface area contributed by atoms with E-state index in [0.29, 0.717) is 12.8 Å². The second kappa shape index (κ2) is 7.74. The smallest absolute Gasteiger partial charge is 0.311 e. The van der Waals surface area contributed by atoms with Gasteiger partial charge in [0, 0.05) is 13.0 Å². The molecule has 3 atom stereocenters. The van der Waals surface area contributed by atoms with Crippen LogP contribution in [0.15, 0.2) is 0 Å². The van der Waals surface area contributed by atoms with E-state index >= 15 is 0 Å². The van der Waals surface area contributed by atoms with Crippen molar-refractivity contribution in [1.29, 1.82) is 0 Å². The van der Waals surface area contributed by atoms with Crippen molar-refractivity contribution in [1.82, 2.24) is 0 Å². The fourth-order valence-corrected chi connectivity index (χ4v) is 1.51. The maximum atomic E-state index is 11.9. The predicted octanol–water partition coefficient (Wildman–Crippen LogP) is 2.12. The summed E-state index contributed by atoms with van der Waals surface area (Å²) in [5, 5.41) is 18.5. The summed E-state index contributed by atoms with van der Waals surface area (Å²) in [4.78, 5) is 11.9. The van der Waals surface area contributed by atoms with E-state index in [0.717, 1.165) is 6.42 Å². The molecule has 0 heterocycles. The van der Waals surface area contributed by atoms with Crippen LogP contribution in [0.5, 0.6) is 0 Å². The van der Waals surface area contributed by atoms with Gasteiger partial charge in [0.05, 0.1) is 11.5 Å². The highest BCUT2D eigenvalue weighted by Crippen LogP contribution is 2.23. The molecule has 0 aromatic carbocycles. The lowest BCUT2D eigenvalue weighted by atomic mass is 9.93. The van der Waals surface area contributed by atoms with Crippen LogP contribution in [0.1, 0.15) is 53.9 Å². The fourth-order valence-electron chi connectivity index (χ4n) is 1.51. The first-order valence-electron chi connectivity index (χ1n) is 6.72. The van der Waals surface area contributed by atoms with Gasteiger partial charge >= 0.3 is 5.97 Å². The summed E-state index contributed by atoms with van der Waals surface area (Å²) in [6, 6.07) is 0. The SMILES string of the molecule is CC[C@H](C)[C@H](C[C@H](O)CCO)OC(=O)C(C)(C)C. The van der Waals surface area contributed by atoms with Crippen LogP contribution < -0.4 is 0 Å². The van der Waals surface area contributed by atoms with Crippen LogP contribution in [0.25, 0.3) is 0 Å². The molecule has 0 spiro atoms. The summed E-state index contributed by atoms with van der Waals surface area (Å²) in [5.41, 5.74) is -0.534. The van der Waals surface area contributed by atoms with Crippen LogP contribution in [0.4, 0.5) is 0 Å². The van der Waals surface area contributed by atoms with Gasteiger partial charge in [0.2, 0.25) is 0 Å². The van der Waals surface area contributed by atoms with Crippen LogP contribution in [0.2, 0.25) is 0 Å². The minimum absolute atomic E-state index is 0.0540. The quantitative estimate of drug-likeness (QED) is 0.688. The van der Waals surface area contributed by atoms with Crippen LogP contribution >= 0.6 is 0 Å². The standard InChI is InChI=1S/C14H28O4/c1-6-10(2)12(9-11(16)7-8-15)18-13(17)14(3,4)5/h10-12,15-16H,6-9H2,1-5H3/t10-,11+,12-/m0/s1. The molecule has 0 bridgehead atoms. The number of aliphatic hydroxyl groups excluding tert-OH is 2. The van der Waals surface area contributed by atoms with E-state index in [1.807, 2.05) is 34.6 Å². The molecule has 0 saturated heterocycles. The average molecular weight is 260 g/mol. The largest absolute Gasteiger partial charge is 0.462 e. The van der Waals surface area contributed by atoms with Crippen molar-refractivity contribution in [2.75, 3.05) is 6.61 Å². The number of aliphatic hydroxyl groups is 2. The van der Waals surface area contributed by atoms with Crippen LogP contribution in [-0.2, 0) is 9.53 Å². The van der Waals surface area contributed by atoms with Crippen molar-refractivity contribution in [2.24, 2.45) is 11.3 Å². The van der Waals surface area contributed by atoms with Crippen molar-refractivity contribution in [2.45, 2.75) is 66.1 Å². The molecule has 0 aliphatic heterocycles. The lowest BCUT2D eigenvalue weighted by Gasteiger charge is -2.28. The zero-order chi connectivity index (χ0) is 14.3. The van der Waals surface area contributed by atoms with Crippen molar-refractivity contribution in [3.8, 4) is 0 Å². The Kier molecular flexibility index (Phi) is 7.48. The zero-order valence-electron chi connectivity index (χ0n) is 12.3. The Morgan fingerprint density at radius 1 is 1.33 bits per heavy atom. The lowest BCUT2D eigenvalue weighted by molar-refractivity contribution is -0.163. The molecule has 0 rings (SSSR count). The van der Waals surface area contributed by atoms with Gasteiger partial charge in [-0.05, 0) is 33.1 Å². The van der Waals surface area contributed by atoms with E-state index in [1.165, 1.54) is 0 Å². The summed E-state index contributed by atoms with van der Waals surface area (Å²) in [5.74, 6) is -0.0476. The molecule has 0 radical (unpaired) electrons. The minimum atomic E-state index is -0.623. The third-order valence-electron chi connectivity index (χ3n) is 3.12. The molecule has 4 nitrogen and oxygen atoms in total. The number of hydrogen-bond donors (Lipinski definition) is 2. The Morgan fingerprint density at radius 2 is 1.89 bits per heavy atom. The molecule has 0 unspecified atom stereocenters. The summed E-state index contributed by atoms with van der Waals surface area (Å²) >= 11 is 0. The number of hydrogen-bond acceptors (Lipinski definition) is 4. The topological polar surface area (TPSA) is 66.8 Å². The summed E-state index contributed by atoms with van der Waals surface area (Å²) in [7, 11) is 0. The summed E-state index contributed by atoms with van der Waals surface area (Å²) in [6.07, 6.45) is 0.677. The third kappa shape index (κ3) is 6.36. The molecule has 0 saturated carbocycles. The highest BCUT2D eigenvalue weighted by molar-refractivity contribution is 5.75. The van der Waals surface area contributed by atoms with E-state index in [4.69, 9.17) is 9.84 Å². The fraction of sp³-hybridized carbons (Fsp3) is 0.929. The number of esters is 1. The summed E-state index contributed by atoms with van der Waals surface area (Å²) < 4.78 is 5.50. The number of ether oxygens (including phenoxy) is 1. The zero-order valence-corrected chi connectivity index (χ0v) is 12.3. The van der Waals surface area contributed by atoms with Gasteiger partial charge in [-0.1, -0.05) is 20.3 Å². The molecule has 0 aromatic rings. The van der Waals surface area contributed by atoms with Gasteiger partial charge in [0.25, 0.3) is 0 Å². The monoisotopic (exact) mass is 260 g/mol. The van der Waals surface area contributed by atoms with Gasteiger partial charge in [-0.2, -0.15) is 0 Å². The number of rotatable bonds is 7. The lowest BCUT2D eigenvalue weighted by Crippen LogP contribution is -2.34. The molecule has 0 aromatic heterocycles. The Labute approximate surface area is 110 Å². The normalized spacial score (nSPS) is 17.1. The molecule has 108 valence electrons. The highest BCUT2D eigenvalue weighted by atomic mass is 16.5. The van der Waals surface area contributed by atoms with Gasteiger partial charge in [0.15, 0.2) is 0 Å². The molecule has 0 amide bonds. The first-order valence-corrected chi connectivity index (χ1v) is 6.72. The van der Waals surface area contributed by atoms with E-state index in [1.54, 1.807) is 0 Å². The maximum Gasteiger partial charge on any atom is 0.311 e. The molecule has 0 aliphatic rings. The predicted molar refractivity (Wildman–Crippen MR) is 71.1 cm³/mol. The average Bonchev–Trinajstić information content (AvgIpc) is 2.26. The van der Waals surface area contributed by atoms with Crippen molar-refractivity contribution >= 4 is 5.97 Å². The molecule has 4 heteroatoms.